The van der Waals surface area contributed by atoms with Crippen molar-refractivity contribution in [2.75, 3.05) is 0 Å². The largest absolute Gasteiger partial charge is 0.309 e. The first-order valence-corrected chi connectivity index (χ1v) is 16.7. The van der Waals surface area contributed by atoms with Crippen molar-refractivity contribution in [1.29, 1.82) is 15.8 Å². The molecule has 0 atom stereocenters. The Balaban J connectivity index is 1.27. The van der Waals surface area contributed by atoms with E-state index in [1.165, 1.54) is 38.2 Å². The molecular formula is C47H26N4. The Kier molecular flexibility index (Phi) is 6.93. The number of hydrogen-bond donors (Lipinski definition) is 0. The van der Waals surface area contributed by atoms with Crippen LogP contribution >= 0.6 is 0 Å². The summed E-state index contributed by atoms with van der Waals surface area (Å²) < 4.78 is 2.12. The van der Waals surface area contributed by atoms with Gasteiger partial charge in [-0.05, 0) is 116 Å². The molecule has 4 heteroatoms. The lowest BCUT2D eigenvalue weighted by Crippen LogP contribution is -1.96. The first kappa shape index (κ1) is 29.7. The molecule has 51 heavy (non-hydrogen) atoms. The highest BCUT2D eigenvalue weighted by molar-refractivity contribution is 6.21. The highest BCUT2D eigenvalue weighted by atomic mass is 15.0. The van der Waals surface area contributed by atoms with Crippen molar-refractivity contribution >= 4 is 43.4 Å². The van der Waals surface area contributed by atoms with Gasteiger partial charge in [0.25, 0.3) is 0 Å². The van der Waals surface area contributed by atoms with E-state index in [2.05, 4.69) is 132 Å². The van der Waals surface area contributed by atoms with E-state index in [0.29, 0.717) is 16.7 Å². The van der Waals surface area contributed by atoms with Crippen molar-refractivity contribution in [1.82, 2.24) is 4.57 Å². The van der Waals surface area contributed by atoms with Crippen LogP contribution in [-0.2, 0) is 0 Å². The summed E-state index contributed by atoms with van der Waals surface area (Å²) in [6.45, 7) is 0. The topological polar surface area (TPSA) is 76.3 Å². The summed E-state index contributed by atoms with van der Waals surface area (Å²) in [7, 11) is 0. The molecule has 0 unspecified atom stereocenters. The predicted molar refractivity (Wildman–Crippen MR) is 206 cm³/mol. The molecule has 4 nitrogen and oxygen atoms in total. The maximum Gasteiger partial charge on any atom is 0.0992 e. The van der Waals surface area contributed by atoms with Crippen LogP contribution in [0.15, 0.2) is 158 Å². The monoisotopic (exact) mass is 646 g/mol. The Morgan fingerprint density at radius 1 is 0.333 bits per heavy atom. The average Bonchev–Trinajstić information content (AvgIpc) is 3.52. The molecule has 0 fully saturated rings. The fourth-order valence-corrected chi connectivity index (χ4v) is 7.62. The van der Waals surface area contributed by atoms with Crippen molar-refractivity contribution in [3.63, 3.8) is 0 Å². The number of benzene rings is 8. The highest BCUT2D eigenvalue weighted by Crippen LogP contribution is 2.44. The average molecular weight is 647 g/mol. The van der Waals surface area contributed by atoms with Gasteiger partial charge in [-0.15, -0.1) is 0 Å². The van der Waals surface area contributed by atoms with Gasteiger partial charge in [0, 0.05) is 16.5 Å². The van der Waals surface area contributed by atoms with Gasteiger partial charge in [-0.25, -0.2) is 0 Å². The van der Waals surface area contributed by atoms with Crippen LogP contribution in [-0.4, -0.2) is 4.57 Å². The lowest BCUT2D eigenvalue weighted by atomic mass is 9.85. The van der Waals surface area contributed by atoms with Crippen molar-refractivity contribution in [3.05, 3.63) is 174 Å². The first-order chi connectivity index (χ1) is 25.1. The van der Waals surface area contributed by atoms with E-state index in [-0.39, 0.29) is 0 Å². The van der Waals surface area contributed by atoms with E-state index in [1.807, 2.05) is 36.4 Å². The molecular weight excluding hydrogens is 621 g/mol. The number of aromatic nitrogens is 1. The molecule has 0 saturated heterocycles. The number of hydrogen-bond acceptors (Lipinski definition) is 3. The van der Waals surface area contributed by atoms with Gasteiger partial charge in [-0.2, -0.15) is 15.8 Å². The normalized spacial score (nSPS) is 11.1. The molecule has 0 amide bonds. The van der Waals surface area contributed by atoms with Gasteiger partial charge in [-0.3, -0.25) is 0 Å². The van der Waals surface area contributed by atoms with Crippen LogP contribution in [0.2, 0.25) is 0 Å². The fourth-order valence-electron chi connectivity index (χ4n) is 7.62. The zero-order valence-electron chi connectivity index (χ0n) is 27.3. The lowest BCUT2D eigenvalue weighted by Gasteiger charge is -2.18. The molecule has 9 aromatic rings. The van der Waals surface area contributed by atoms with Crippen molar-refractivity contribution in [3.8, 4) is 57.3 Å². The highest BCUT2D eigenvalue weighted by Gasteiger charge is 2.18. The molecule has 9 rings (SSSR count). The zero-order chi connectivity index (χ0) is 34.5. The van der Waals surface area contributed by atoms with Crippen LogP contribution in [0.3, 0.4) is 0 Å². The summed E-state index contributed by atoms with van der Waals surface area (Å²) in [5.41, 5.74) is 10.8. The second-order valence-electron chi connectivity index (χ2n) is 12.7. The standard InChI is InChI=1S/C47H26N4/c48-27-30-17-19-44-42(23-30)43-24-31(28-49)18-20-45(43)51(44)37-22-32(29-50)21-36(26-37)34-11-8-12-35(25-34)47-40-15-6-4-13-38(40)46(33-9-2-1-3-10-33)39-14-5-7-16-41(39)47/h1-26H. The Bertz CT molecular complexity index is 2870. The van der Waals surface area contributed by atoms with E-state index in [0.717, 1.165) is 44.2 Å². The van der Waals surface area contributed by atoms with Crippen LogP contribution in [0.1, 0.15) is 16.7 Å². The van der Waals surface area contributed by atoms with E-state index in [1.54, 1.807) is 12.1 Å². The summed E-state index contributed by atoms with van der Waals surface area (Å²) in [6, 6.07) is 60.5. The van der Waals surface area contributed by atoms with E-state index < -0.39 is 0 Å². The van der Waals surface area contributed by atoms with E-state index in [9.17, 15) is 15.8 Å². The van der Waals surface area contributed by atoms with Crippen LogP contribution in [0, 0.1) is 34.0 Å². The van der Waals surface area contributed by atoms with Crippen LogP contribution in [0.4, 0.5) is 0 Å². The summed E-state index contributed by atoms with van der Waals surface area (Å²) >= 11 is 0. The molecule has 0 radical (unpaired) electrons. The van der Waals surface area contributed by atoms with Crippen molar-refractivity contribution in [2.45, 2.75) is 0 Å². The molecule has 0 aliphatic carbocycles. The molecule has 0 saturated carbocycles. The second kappa shape index (κ2) is 11.9. The number of fused-ring (bicyclic) bond motifs is 5. The minimum absolute atomic E-state index is 0.535. The number of nitrogens with zero attached hydrogens (tertiary/aromatic N) is 4. The van der Waals surface area contributed by atoms with Gasteiger partial charge in [0.1, 0.15) is 0 Å². The van der Waals surface area contributed by atoms with Crippen molar-refractivity contribution in [2.24, 2.45) is 0 Å². The number of nitriles is 3. The maximum atomic E-state index is 10.3. The molecule has 0 aliphatic heterocycles. The maximum absolute atomic E-state index is 10.3. The smallest absolute Gasteiger partial charge is 0.0992 e. The van der Waals surface area contributed by atoms with Crippen LogP contribution in [0.5, 0.6) is 0 Å². The molecule has 0 bridgehead atoms. The summed E-state index contributed by atoms with van der Waals surface area (Å²) in [4.78, 5) is 0. The van der Waals surface area contributed by atoms with Gasteiger partial charge in [0.2, 0.25) is 0 Å². The van der Waals surface area contributed by atoms with Crippen LogP contribution in [0.25, 0.3) is 82.4 Å². The Morgan fingerprint density at radius 3 is 1.37 bits per heavy atom. The van der Waals surface area contributed by atoms with E-state index in [4.69, 9.17) is 0 Å². The molecule has 234 valence electrons. The van der Waals surface area contributed by atoms with Gasteiger partial charge in [0.15, 0.2) is 0 Å². The third kappa shape index (κ3) is 4.81. The minimum Gasteiger partial charge on any atom is -0.309 e. The predicted octanol–water partition coefficient (Wildman–Crippen LogP) is 11.7. The summed E-state index contributed by atoms with van der Waals surface area (Å²) in [5, 5.41) is 36.1. The van der Waals surface area contributed by atoms with Crippen molar-refractivity contribution < 1.29 is 0 Å². The second-order valence-corrected chi connectivity index (χ2v) is 12.7. The van der Waals surface area contributed by atoms with Gasteiger partial charge in [-0.1, -0.05) is 97.1 Å². The summed E-state index contributed by atoms with van der Waals surface area (Å²) in [6.07, 6.45) is 0. The quantitative estimate of drug-likeness (QED) is 0.179. The lowest BCUT2D eigenvalue weighted by molar-refractivity contribution is 1.18. The minimum atomic E-state index is 0.535. The third-order valence-corrected chi connectivity index (χ3v) is 9.81. The fraction of sp³-hybridized carbons (Fsp3) is 0. The Labute approximate surface area is 294 Å². The SMILES string of the molecule is N#Cc1cc(-c2cccc(-c3c4ccccc4c(-c4ccccc4)c4ccccc34)c2)cc(-n2c3ccc(C#N)cc3c3cc(C#N)ccc32)c1. The number of rotatable bonds is 4. The Morgan fingerprint density at radius 2 is 0.824 bits per heavy atom. The van der Waals surface area contributed by atoms with Gasteiger partial charge in [0.05, 0.1) is 45.9 Å². The third-order valence-electron chi connectivity index (χ3n) is 9.81. The molecule has 0 aliphatic rings. The molecule has 1 aromatic heterocycles. The van der Waals surface area contributed by atoms with Crippen LogP contribution < -0.4 is 0 Å². The zero-order valence-corrected chi connectivity index (χ0v) is 27.3. The summed E-state index contributed by atoms with van der Waals surface area (Å²) in [5.74, 6) is 0. The Hall–Kier alpha value is -7.45. The van der Waals surface area contributed by atoms with Gasteiger partial charge < -0.3 is 4.57 Å². The first-order valence-electron chi connectivity index (χ1n) is 16.7. The van der Waals surface area contributed by atoms with E-state index >= 15 is 0 Å². The van der Waals surface area contributed by atoms with Gasteiger partial charge >= 0.3 is 0 Å². The molecule has 0 N–H and O–H groups in total. The molecule has 1 heterocycles. The molecule has 0 spiro atoms. The molecule has 8 aromatic carbocycles.